The van der Waals surface area contributed by atoms with Crippen molar-refractivity contribution in [1.29, 1.82) is 0 Å². The van der Waals surface area contributed by atoms with Crippen LogP contribution in [0.5, 0.6) is 0 Å². The number of fused-ring (bicyclic) bond motifs is 35. The maximum atomic E-state index is 7.99. The van der Waals surface area contributed by atoms with Gasteiger partial charge in [-0.3, -0.25) is 32.9 Å². The van der Waals surface area contributed by atoms with E-state index in [1.54, 1.807) is 48.6 Å². The molecule has 0 aliphatic carbocycles. The zero-order valence-corrected chi connectivity index (χ0v) is 55.5. The highest BCUT2D eigenvalue weighted by Crippen LogP contribution is 2.38. The molecule has 0 N–H and O–H groups in total. The molecule has 25 heteroatoms. The van der Waals surface area contributed by atoms with Crippen molar-refractivity contribution >= 4 is 94.0 Å². The molecule has 0 amide bonds. The maximum absolute atomic E-state index is 7.99. The average molecular weight is 1370 g/mol. The summed E-state index contributed by atoms with van der Waals surface area (Å²) in [6, 6.07) is 45.5. The lowest BCUT2D eigenvalue weighted by Gasteiger charge is -2.02. The van der Waals surface area contributed by atoms with Crippen molar-refractivity contribution < 1.29 is 31.4 Å². The summed E-state index contributed by atoms with van der Waals surface area (Å²) < 4.78 is 57.6. The molecule has 0 bridgehead atoms. The molecule has 21 aromatic rings. The Bertz CT molecular complexity index is 7090. The van der Waals surface area contributed by atoms with E-state index in [1.807, 2.05) is 149 Å². The van der Waals surface area contributed by atoms with E-state index in [1.165, 1.54) is 75.8 Å². The van der Waals surface area contributed by atoms with Gasteiger partial charge in [-0.1, -0.05) is 36.4 Å². The predicted octanol–water partition coefficient (Wildman–Crippen LogP) is 10.1. The summed E-state index contributed by atoms with van der Waals surface area (Å²) >= 11 is 1.79. The van der Waals surface area contributed by atoms with Crippen molar-refractivity contribution in [1.82, 2.24) is 85.5 Å². The van der Waals surface area contributed by atoms with E-state index in [0.29, 0.717) is 17.9 Å². The maximum Gasteiger partial charge on any atom is 0.402 e. The number of hydrogen-bond donors (Lipinski definition) is 0. The Kier molecular flexibility index (Phi) is 11.5. The first-order chi connectivity index (χ1) is 52.1. The summed E-state index contributed by atoms with van der Waals surface area (Å²) in [4.78, 5) is 44.8. The molecule has 490 valence electrons. The number of rotatable bonds is 1. The van der Waals surface area contributed by atoms with Crippen LogP contribution >= 0.6 is 11.3 Å². The van der Waals surface area contributed by atoms with Crippen molar-refractivity contribution in [2.75, 3.05) is 0 Å². The van der Waals surface area contributed by atoms with Gasteiger partial charge in [0.25, 0.3) is 50.7 Å². The smallest absolute Gasteiger partial charge is 0.378 e. The molecule has 0 saturated heterocycles. The van der Waals surface area contributed by atoms with Gasteiger partial charge in [0, 0.05) is 90.4 Å². The fourth-order valence-corrected chi connectivity index (χ4v) is 17.2. The van der Waals surface area contributed by atoms with E-state index >= 15 is 0 Å². The number of hydrogen-bond acceptors (Lipinski definition) is 12. The minimum absolute atomic E-state index is 0.618. The van der Waals surface area contributed by atoms with Crippen LogP contribution in [0.25, 0.3) is 145 Å². The number of para-hydroxylation sites is 1. The predicted molar refractivity (Wildman–Crippen MR) is 384 cm³/mol. The lowest BCUT2D eigenvalue weighted by atomic mass is 10.2. The van der Waals surface area contributed by atoms with E-state index < -0.39 is 6.98 Å². The average Bonchev–Trinajstić information content (AvgIpc) is 1.56. The highest BCUT2D eigenvalue weighted by molar-refractivity contribution is 7.20. The Balaban J connectivity index is 0.0000000830. The van der Waals surface area contributed by atoms with Gasteiger partial charge >= 0.3 is 5.89 Å². The third-order valence-corrected chi connectivity index (χ3v) is 21.6. The number of nitrogens with zero attached hydrogens (tertiary/aromatic N) is 23. The zero-order chi connectivity index (χ0) is 70.2. The van der Waals surface area contributed by atoms with Crippen molar-refractivity contribution in [3.8, 4) is 62.5 Å². The fraction of sp³-hybridized carbons (Fsp3) is 0.0897. The van der Waals surface area contributed by atoms with Crippen molar-refractivity contribution in [3.05, 3.63) is 273 Å². The third kappa shape index (κ3) is 8.35. The highest BCUT2D eigenvalue weighted by Gasteiger charge is 2.40. The standard InChI is InChI=1S/C20H14N5.2C15H12N5.C14H9N4O.C14H9N4S/c1-2-6-15(7-3-1)25-17-11-16-12-21-9-10-23(16)19(17)24-13-14-5-4-8-22-18(14)20(24)25;2*1-18-12-7-11-8-16-5-6-19(11)14(12)20-9-10-3-2-4-17-13(10)15(18)20;2*1-2-9-7-17-11-6-10-3-5-15-8-18(10)13(11)19-14(17)12(9)16-4-1/h1-12H,13H2;2*2-8H,9H2,1H3;2*1-6,8H,7H2/q5*+1/i;1D3;;;. The van der Waals surface area contributed by atoms with Crippen LogP contribution in [0, 0.1) is 0 Å². The van der Waals surface area contributed by atoms with E-state index in [2.05, 4.69) is 170 Å². The Labute approximate surface area is 590 Å². The third-order valence-electron chi connectivity index (χ3n) is 20.3. The molecule has 5 aliphatic rings. The molecule has 26 rings (SSSR count). The number of benzene rings is 1. The molecule has 0 spiro atoms. The number of aryl methyl sites for hydroxylation is 2. The van der Waals surface area contributed by atoms with Gasteiger partial charge < -0.3 is 4.42 Å². The molecule has 0 fully saturated rings. The van der Waals surface area contributed by atoms with Gasteiger partial charge in [0.05, 0.1) is 116 Å². The molecule has 1 aromatic carbocycles. The summed E-state index contributed by atoms with van der Waals surface area (Å²) in [5, 5.41) is 1.25. The van der Waals surface area contributed by atoms with Gasteiger partial charge in [0.15, 0.2) is 45.9 Å². The lowest BCUT2D eigenvalue weighted by Crippen LogP contribution is -2.32. The fourth-order valence-electron chi connectivity index (χ4n) is 15.9. The molecule has 25 heterocycles. The lowest BCUT2D eigenvalue weighted by molar-refractivity contribution is -0.649. The molecule has 0 unspecified atom stereocenters. The number of imidazole rings is 3. The minimum Gasteiger partial charge on any atom is -0.378 e. The second-order valence-corrected chi connectivity index (χ2v) is 26.9. The molecule has 0 saturated carbocycles. The molecule has 5 aliphatic heterocycles. The van der Waals surface area contributed by atoms with E-state index in [0.717, 1.165) is 117 Å². The first kappa shape index (κ1) is 54.1. The van der Waals surface area contributed by atoms with Crippen molar-refractivity contribution in [2.45, 2.75) is 32.7 Å². The SMILES string of the molecule is Cn1c2[n+](c3c1cc1cnccn13)Cc1cccnc1-2.[2H]C([2H])([2H])n1c2[n+](c3c1cc1cnccn13)Cc1cccnc1-2.c1ccc(-n2c3[n+](c4c2cc2cnccn24)Cc2cccnc2-3)cc1.c1cnc2c(c1)C[n+]1c-2oc2c1cc1ccncn12.c1cnc2c(c1)C[n+]1c-2sc2c1cc1ccncn12. The van der Waals surface area contributed by atoms with Crippen LogP contribution in [0.4, 0.5) is 0 Å². The normalized spacial score (nSPS) is 13.5. The van der Waals surface area contributed by atoms with Crippen LogP contribution in [0.2, 0.25) is 0 Å². The van der Waals surface area contributed by atoms with Crippen LogP contribution < -0.4 is 22.8 Å². The van der Waals surface area contributed by atoms with Gasteiger partial charge in [-0.15, -0.1) is 4.57 Å². The summed E-state index contributed by atoms with van der Waals surface area (Å²) in [6.07, 6.45) is 33.2. The Morgan fingerprint density at radius 1 is 0.398 bits per heavy atom. The molecular formula is C78H56N23OS+5. The molecule has 0 atom stereocenters. The molecule has 103 heavy (non-hydrogen) atoms. The zero-order valence-electron chi connectivity index (χ0n) is 57.7. The van der Waals surface area contributed by atoms with Gasteiger partial charge in [-0.05, 0) is 78.1 Å². The van der Waals surface area contributed by atoms with E-state index in [4.69, 9.17) is 8.53 Å². The second-order valence-electron chi connectivity index (χ2n) is 25.9. The van der Waals surface area contributed by atoms with Crippen molar-refractivity contribution in [3.63, 3.8) is 0 Å². The molecule has 0 radical (unpaired) electrons. The van der Waals surface area contributed by atoms with E-state index in [-0.39, 0.29) is 0 Å². The monoisotopic (exact) mass is 1370 g/mol. The topological polar surface area (TPSA) is 198 Å². The van der Waals surface area contributed by atoms with Crippen LogP contribution in [0.15, 0.2) is 250 Å². The van der Waals surface area contributed by atoms with E-state index in [9.17, 15) is 0 Å². The summed E-state index contributed by atoms with van der Waals surface area (Å²) in [6.45, 7) is 1.79. The number of aromatic nitrogens is 23. The quantitative estimate of drug-likeness (QED) is 0.142. The van der Waals surface area contributed by atoms with Crippen LogP contribution in [-0.2, 0) is 46.7 Å². The van der Waals surface area contributed by atoms with Gasteiger partial charge in [0.2, 0.25) is 5.52 Å². The van der Waals surface area contributed by atoms with Gasteiger partial charge in [0.1, 0.15) is 52.0 Å². The van der Waals surface area contributed by atoms with Crippen molar-refractivity contribution in [2.24, 2.45) is 14.0 Å². The Hall–Kier alpha value is -13.8. The Morgan fingerprint density at radius 3 is 1.47 bits per heavy atom. The molecule has 20 aromatic heterocycles. The summed E-state index contributed by atoms with van der Waals surface area (Å²) in [5.41, 5.74) is 27.0. The molecular weight excluding hydrogens is 1310 g/mol. The number of oxazole rings is 1. The van der Waals surface area contributed by atoms with Gasteiger partial charge in [-0.2, -0.15) is 4.57 Å². The first-order valence-corrected chi connectivity index (χ1v) is 34.4. The number of pyridine rings is 5. The Morgan fingerprint density at radius 2 is 0.864 bits per heavy atom. The minimum atomic E-state index is -2.28. The number of thiazole rings is 1. The molecule has 24 nitrogen and oxygen atoms in total. The van der Waals surface area contributed by atoms with Crippen LogP contribution in [0.3, 0.4) is 0 Å². The summed E-state index contributed by atoms with van der Waals surface area (Å²) in [7, 11) is 2.10. The van der Waals surface area contributed by atoms with Crippen LogP contribution in [0.1, 0.15) is 31.9 Å². The van der Waals surface area contributed by atoms with Crippen LogP contribution in [-0.4, -0.2) is 85.5 Å². The first-order valence-electron chi connectivity index (χ1n) is 35.1. The highest BCUT2D eigenvalue weighted by atomic mass is 32.1. The second kappa shape index (κ2) is 21.8. The largest absolute Gasteiger partial charge is 0.402 e. The summed E-state index contributed by atoms with van der Waals surface area (Å²) in [5.74, 6) is 3.78. The van der Waals surface area contributed by atoms with Gasteiger partial charge in [-0.25, -0.2) is 66.4 Å².